The summed E-state index contributed by atoms with van der Waals surface area (Å²) >= 11 is 3.20. The van der Waals surface area contributed by atoms with Gasteiger partial charge in [-0.25, -0.2) is 0 Å². The van der Waals surface area contributed by atoms with Crippen molar-refractivity contribution in [1.82, 2.24) is 9.80 Å². The molecule has 1 heterocycles. The Hall–Kier alpha value is -2.97. The molecule has 0 aliphatic rings. The highest BCUT2D eigenvalue weighted by Crippen LogP contribution is 2.28. The number of carbonyl (C=O) groups is 2. The second kappa shape index (κ2) is 14.8. The fourth-order valence-electron chi connectivity index (χ4n) is 4.06. The van der Waals surface area contributed by atoms with Crippen molar-refractivity contribution in [3.05, 3.63) is 76.0 Å². The Balaban J connectivity index is 1.72. The average Bonchev–Trinajstić information content (AvgIpc) is 3.33. The van der Waals surface area contributed by atoms with E-state index in [1.54, 1.807) is 30.5 Å². The van der Waals surface area contributed by atoms with Crippen molar-refractivity contribution in [2.24, 2.45) is 5.92 Å². The highest BCUT2D eigenvalue weighted by atomic mass is 32.2. The number of nitrogens with zero attached hydrogens (tertiary/aromatic N) is 2. The third-order valence-electron chi connectivity index (χ3n) is 5.98. The summed E-state index contributed by atoms with van der Waals surface area (Å²) in [4.78, 5) is 33.8. The summed E-state index contributed by atoms with van der Waals surface area (Å²) in [6.07, 6.45) is 0.665. The molecule has 204 valence electrons. The Morgan fingerprint density at radius 2 is 1.66 bits per heavy atom. The molecule has 8 heteroatoms. The predicted octanol–water partition coefficient (Wildman–Crippen LogP) is 5.92. The van der Waals surface area contributed by atoms with E-state index in [1.165, 1.54) is 16.6 Å². The van der Waals surface area contributed by atoms with Gasteiger partial charge in [-0.1, -0.05) is 38.1 Å². The van der Waals surface area contributed by atoms with Crippen LogP contribution in [0.15, 0.2) is 65.6 Å². The Morgan fingerprint density at radius 3 is 2.29 bits per heavy atom. The number of ether oxygens (including phenoxy) is 2. The molecule has 0 aliphatic carbocycles. The van der Waals surface area contributed by atoms with Gasteiger partial charge in [0, 0.05) is 27.7 Å². The summed E-state index contributed by atoms with van der Waals surface area (Å²) < 4.78 is 10.8. The van der Waals surface area contributed by atoms with E-state index < -0.39 is 0 Å². The van der Waals surface area contributed by atoms with Crippen molar-refractivity contribution in [1.29, 1.82) is 0 Å². The summed E-state index contributed by atoms with van der Waals surface area (Å²) in [6.45, 7) is 7.87. The van der Waals surface area contributed by atoms with E-state index in [0.717, 1.165) is 15.3 Å². The molecule has 0 atom stereocenters. The van der Waals surface area contributed by atoms with Gasteiger partial charge in [-0.05, 0) is 61.2 Å². The van der Waals surface area contributed by atoms with Gasteiger partial charge in [-0.3, -0.25) is 9.59 Å². The lowest BCUT2D eigenvalue weighted by Crippen LogP contribution is -2.45. The molecule has 0 N–H and O–H groups in total. The van der Waals surface area contributed by atoms with Gasteiger partial charge in [-0.15, -0.1) is 23.1 Å². The Morgan fingerprint density at radius 1 is 0.921 bits per heavy atom. The van der Waals surface area contributed by atoms with Crippen molar-refractivity contribution in [3.8, 4) is 11.5 Å². The number of thioether (sulfide) groups is 1. The van der Waals surface area contributed by atoms with E-state index >= 15 is 0 Å². The van der Waals surface area contributed by atoms with Gasteiger partial charge in [0.15, 0.2) is 11.5 Å². The number of rotatable bonds is 14. The Bertz CT molecular complexity index is 1180. The third-order valence-corrected chi connectivity index (χ3v) is 7.97. The van der Waals surface area contributed by atoms with Gasteiger partial charge in [0.1, 0.15) is 0 Å². The normalized spacial score (nSPS) is 10.9. The number of methoxy groups -OCH3 is 2. The van der Waals surface area contributed by atoms with Crippen molar-refractivity contribution in [3.63, 3.8) is 0 Å². The molecule has 0 bridgehead atoms. The van der Waals surface area contributed by atoms with Gasteiger partial charge in [0.05, 0.1) is 33.1 Å². The summed E-state index contributed by atoms with van der Waals surface area (Å²) in [5, 5.41) is 0. The van der Waals surface area contributed by atoms with E-state index in [-0.39, 0.29) is 24.3 Å². The van der Waals surface area contributed by atoms with Gasteiger partial charge in [-0.2, -0.15) is 0 Å². The zero-order valence-electron chi connectivity index (χ0n) is 22.9. The third kappa shape index (κ3) is 9.10. The molecule has 3 rings (SSSR count). The quantitative estimate of drug-likeness (QED) is 0.232. The minimum Gasteiger partial charge on any atom is -0.493 e. The summed E-state index contributed by atoms with van der Waals surface area (Å²) in [6, 6.07) is 19.9. The van der Waals surface area contributed by atoms with Crippen LogP contribution in [0.5, 0.6) is 11.5 Å². The van der Waals surface area contributed by atoms with E-state index in [1.807, 2.05) is 53.4 Å². The molecule has 0 fully saturated rings. The predicted molar refractivity (Wildman–Crippen MR) is 156 cm³/mol. The molecule has 2 amide bonds. The van der Waals surface area contributed by atoms with E-state index in [2.05, 4.69) is 32.9 Å². The molecular formula is C30H38N2O4S2. The zero-order valence-corrected chi connectivity index (χ0v) is 24.6. The lowest BCUT2D eigenvalue weighted by molar-refractivity contribution is -0.139. The number of benzene rings is 2. The SMILES string of the molecule is COc1ccc(CCN(Cc2ccc(C)s2)C(=O)CN(CC(C)C)C(=O)CSc2ccccc2)cc1OC. The molecule has 0 saturated heterocycles. The number of aryl methyl sites for hydroxylation is 1. The van der Waals surface area contributed by atoms with Crippen molar-refractivity contribution >= 4 is 34.9 Å². The summed E-state index contributed by atoms with van der Waals surface area (Å²) in [5.41, 5.74) is 1.05. The molecule has 6 nitrogen and oxygen atoms in total. The van der Waals surface area contributed by atoms with E-state index in [0.29, 0.717) is 43.3 Å². The molecular weight excluding hydrogens is 516 g/mol. The fraction of sp³-hybridized carbons (Fsp3) is 0.400. The average molecular weight is 555 g/mol. The van der Waals surface area contributed by atoms with Crippen LogP contribution in [-0.2, 0) is 22.6 Å². The van der Waals surface area contributed by atoms with Crippen molar-refractivity contribution < 1.29 is 19.1 Å². The van der Waals surface area contributed by atoms with E-state index in [4.69, 9.17) is 9.47 Å². The molecule has 38 heavy (non-hydrogen) atoms. The largest absolute Gasteiger partial charge is 0.493 e. The second-order valence-electron chi connectivity index (χ2n) is 9.54. The van der Waals surface area contributed by atoms with Gasteiger partial charge in [0.25, 0.3) is 0 Å². The summed E-state index contributed by atoms with van der Waals surface area (Å²) in [5.74, 6) is 1.84. The number of hydrogen-bond acceptors (Lipinski definition) is 6. The number of amides is 2. The maximum Gasteiger partial charge on any atom is 0.242 e. The lowest BCUT2D eigenvalue weighted by atomic mass is 10.1. The Kier molecular flexibility index (Phi) is 11.5. The minimum absolute atomic E-state index is 0.0206. The molecule has 0 aliphatic heterocycles. The van der Waals surface area contributed by atoms with Crippen LogP contribution >= 0.6 is 23.1 Å². The van der Waals surface area contributed by atoms with Crippen LogP contribution < -0.4 is 9.47 Å². The van der Waals surface area contributed by atoms with Crippen LogP contribution in [0, 0.1) is 12.8 Å². The highest BCUT2D eigenvalue weighted by Gasteiger charge is 2.23. The molecule has 0 unspecified atom stereocenters. The minimum atomic E-state index is -0.0461. The van der Waals surface area contributed by atoms with Crippen LogP contribution in [0.25, 0.3) is 0 Å². The molecule has 3 aromatic rings. The van der Waals surface area contributed by atoms with Crippen LogP contribution in [0.2, 0.25) is 0 Å². The standard InChI is InChI=1S/C30H38N2O4S2/c1-22(2)18-32(30(34)21-37-25-9-7-6-8-10-25)20-29(33)31(19-26-13-11-23(3)38-26)16-15-24-12-14-27(35-4)28(17-24)36-5/h6-14,17,22H,15-16,18-21H2,1-5H3. The van der Waals surface area contributed by atoms with Gasteiger partial charge in [0.2, 0.25) is 11.8 Å². The summed E-state index contributed by atoms with van der Waals surface area (Å²) in [7, 11) is 3.23. The highest BCUT2D eigenvalue weighted by molar-refractivity contribution is 8.00. The Labute approximate surface area is 234 Å². The van der Waals surface area contributed by atoms with Crippen LogP contribution in [0.4, 0.5) is 0 Å². The molecule has 2 aromatic carbocycles. The molecule has 1 aromatic heterocycles. The number of thiophene rings is 1. The first-order valence-corrected chi connectivity index (χ1v) is 14.6. The fourth-order valence-corrected chi connectivity index (χ4v) is 5.79. The van der Waals surface area contributed by atoms with Gasteiger partial charge >= 0.3 is 0 Å². The van der Waals surface area contributed by atoms with Gasteiger partial charge < -0.3 is 19.3 Å². The molecule has 0 radical (unpaired) electrons. The van der Waals surface area contributed by atoms with Crippen LogP contribution in [0.1, 0.15) is 29.2 Å². The monoisotopic (exact) mass is 554 g/mol. The maximum absolute atomic E-state index is 13.7. The number of hydrogen-bond donors (Lipinski definition) is 0. The smallest absolute Gasteiger partial charge is 0.242 e. The second-order valence-corrected chi connectivity index (χ2v) is 12.0. The molecule has 0 saturated carbocycles. The maximum atomic E-state index is 13.7. The first kappa shape index (κ1) is 29.6. The lowest BCUT2D eigenvalue weighted by Gasteiger charge is -2.29. The van der Waals surface area contributed by atoms with E-state index in [9.17, 15) is 9.59 Å². The van der Waals surface area contributed by atoms with Crippen LogP contribution in [0.3, 0.4) is 0 Å². The number of carbonyl (C=O) groups excluding carboxylic acids is 2. The zero-order chi connectivity index (χ0) is 27.5. The topological polar surface area (TPSA) is 59.1 Å². The van der Waals surface area contributed by atoms with Crippen molar-refractivity contribution in [2.45, 2.75) is 38.6 Å². The molecule has 0 spiro atoms. The van der Waals surface area contributed by atoms with Crippen molar-refractivity contribution in [2.75, 3.05) is 39.6 Å². The van der Waals surface area contributed by atoms with Crippen LogP contribution in [-0.4, -0.2) is 61.2 Å². The first-order valence-electron chi connectivity index (χ1n) is 12.8. The first-order chi connectivity index (χ1) is 18.3.